The van der Waals surface area contributed by atoms with Crippen LogP contribution in [0.15, 0.2) is 35.0 Å². The second-order valence-corrected chi connectivity index (χ2v) is 6.48. The third kappa shape index (κ3) is 4.67. The minimum absolute atomic E-state index is 0.546. The summed E-state index contributed by atoms with van der Waals surface area (Å²) in [5.41, 5.74) is 2.47. The van der Waals surface area contributed by atoms with Gasteiger partial charge in [-0.05, 0) is 25.6 Å². The Kier molecular flexibility index (Phi) is 5.83. The Morgan fingerprint density at radius 2 is 2.12 bits per heavy atom. The molecule has 0 radical (unpaired) electrons. The Bertz CT molecular complexity index is 799. The summed E-state index contributed by atoms with van der Waals surface area (Å²) < 4.78 is 5.43. The second kappa shape index (κ2) is 8.27. The van der Waals surface area contributed by atoms with Gasteiger partial charge < -0.3 is 9.51 Å². The Morgan fingerprint density at radius 1 is 1.24 bits per heavy atom. The standard InChI is InChI=1S/C18H22ClN5O/c1-3-4-8-17-21-16(18(19)22-17)12-24(2)11-13-10-15(23-25-13)14-7-5-6-9-20-14/h5-7,9-10H,3-4,8,11-12H2,1-2H3,(H,21,22). The van der Waals surface area contributed by atoms with Gasteiger partial charge in [-0.25, -0.2) is 4.98 Å². The number of H-pyrrole nitrogens is 1. The fourth-order valence-corrected chi connectivity index (χ4v) is 2.83. The van der Waals surface area contributed by atoms with Gasteiger partial charge in [0.2, 0.25) is 0 Å². The number of nitrogens with one attached hydrogen (secondary N) is 1. The SMILES string of the molecule is CCCCc1nc(Cl)c(CN(C)Cc2cc(-c3ccccn3)no2)[nH]1. The summed E-state index contributed by atoms with van der Waals surface area (Å²) in [5.74, 6) is 1.73. The molecule has 0 aliphatic heterocycles. The number of imidazole rings is 1. The molecule has 3 aromatic rings. The first-order valence-corrected chi connectivity index (χ1v) is 8.82. The van der Waals surface area contributed by atoms with Gasteiger partial charge in [-0.15, -0.1) is 0 Å². The lowest BCUT2D eigenvalue weighted by atomic mass is 10.2. The molecule has 1 N–H and O–H groups in total. The van der Waals surface area contributed by atoms with Crippen LogP contribution < -0.4 is 0 Å². The van der Waals surface area contributed by atoms with E-state index >= 15 is 0 Å². The Morgan fingerprint density at radius 3 is 2.88 bits per heavy atom. The van der Waals surface area contributed by atoms with E-state index in [4.69, 9.17) is 16.1 Å². The van der Waals surface area contributed by atoms with Gasteiger partial charge >= 0.3 is 0 Å². The maximum atomic E-state index is 6.24. The van der Waals surface area contributed by atoms with Gasteiger partial charge in [0.1, 0.15) is 11.5 Å². The highest BCUT2D eigenvalue weighted by molar-refractivity contribution is 6.30. The second-order valence-electron chi connectivity index (χ2n) is 6.12. The monoisotopic (exact) mass is 359 g/mol. The molecular weight excluding hydrogens is 338 g/mol. The Balaban J connectivity index is 1.60. The number of aromatic nitrogens is 4. The van der Waals surface area contributed by atoms with E-state index in [0.717, 1.165) is 47.9 Å². The highest BCUT2D eigenvalue weighted by Gasteiger charge is 2.13. The number of hydrogen-bond donors (Lipinski definition) is 1. The molecule has 3 rings (SSSR count). The average Bonchev–Trinajstić information content (AvgIpc) is 3.21. The number of rotatable bonds is 8. The highest BCUT2D eigenvalue weighted by Crippen LogP contribution is 2.19. The smallest absolute Gasteiger partial charge is 0.151 e. The van der Waals surface area contributed by atoms with Crippen molar-refractivity contribution in [3.8, 4) is 11.4 Å². The number of pyridine rings is 1. The molecule has 0 bridgehead atoms. The minimum Gasteiger partial charge on any atom is -0.359 e. The number of aryl methyl sites for hydroxylation is 1. The third-order valence-corrected chi connectivity index (χ3v) is 4.20. The molecule has 0 aromatic carbocycles. The van der Waals surface area contributed by atoms with Crippen molar-refractivity contribution in [2.24, 2.45) is 0 Å². The quantitative estimate of drug-likeness (QED) is 0.656. The van der Waals surface area contributed by atoms with E-state index in [0.29, 0.717) is 18.2 Å². The summed E-state index contributed by atoms with van der Waals surface area (Å²) in [6, 6.07) is 7.63. The van der Waals surface area contributed by atoms with Crippen LogP contribution in [0.5, 0.6) is 0 Å². The van der Waals surface area contributed by atoms with E-state index in [-0.39, 0.29) is 0 Å². The molecule has 7 heteroatoms. The lowest BCUT2D eigenvalue weighted by molar-refractivity contribution is 0.265. The molecule has 0 saturated heterocycles. The molecule has 25 heavy (non-hydrogen) atoms. The molecule has 3 heterocycles. The molecular formula is C18H22ClN5O. The van der Waals surface area contributed by atoms with E-state index in [1.54, 1.807) is 6.20 Å². The highest BCUT2D eigenvalue weighted by atomic mass is 35.5. The molecule has 0 amide bonds. The first kappa shape index (κ1) is 17.6. The van der Waals surface area contributed by atoms with Crippen molar-refractivity contribution in [3.63, 3.8) is 0 Å². The third-order valence-electron chi connectivity index (χ3n) is 3.88. The van der Waals surface area contributed by atoms with Crippen LogP contribution in [0.2, 0.25) is 5.15 Å². The molecule has 0 saturated carbocycles. The van der Waals surface area contributed by atoms with Crippen LogP contribution in [-0.2, 0) is 19.5 Å². The fraction of sp³-hybridized carbons (Fsp3) is 0.389. The van der Waals surface area contributed by atoms with Crippen molar-refractivity contribution in [3.05, 3.63) is 52.9 Å². The summed E-state index contributed by atoms with van der Waals surface area (Å²) >= 11 is 6.24. The first-order chi connectivity index (χ1) is 12.2. The first-order valence-electron chi connectivity index (χ1n) is 8.44. The normalized spacial score (nSPS) is 11.4. The van der Waals surface area contributed by atoms with E-state index < -0.39 is 0 Å². The summed E-state index contributed by atoms with van der Waals surface area (Å²) in [6.07, 6.45) is 4.91. The van der Waals surface area contributed by atoms with Crippen LogP contribution in [0.3, 0.4) is 0 Å². The molecule has 6 nitrogen and oxygen atoms in total. The van der Waals surface area contributed by atoms with Crippen molar-refractivity contribution < 1.29 is 4.52 Å². The Hall–Kier alpha value is -2.18. The van der Waals surface area contributed by atoms with E-state index in [1.165, 1.54) is 0 Å². The van der Waals surface area contributed by atoms with Crippen LogP contribution in [0.1, 0.15) is 37.0 Å². The molecule has 0 atom stereocenters. The van der Waals surface area contributed by atoms with E-state index in [1.807, 2.05) is 31.3 Å². The van der Waals surface area contributed by atoms with Gasteiger partial charge in [-0.2, -0.15) is 0 Å². The molecule has 3 aromatic heterocycles. The Labute approximate surface area is 152 Å². The number of hydrogen-bond acceptors (Lipinski definition) is 5. The largest absolute Gasteiger partial charge is 0.359 e. The van der Waals surface area contributed by atoms with Gasteiger partial charge in [-0.3, -0.25) is 9.88 Å². The van der Waals surface area contributed by atoms with Crippen molar-refractivity contribution in [1.29, 1.82) is 0 Å². The zero-order chi connectivity index (χ0) is 17.6. The fourth-order valence-electron chi connectivity index (χ4n) is 2.62. The number of nitrogens with zero attached hydrogens (tertiary/aromatic N) is 4. The average molecular weight is 360 g/mol. The topological polar surface area (TPSA) is 70.8 Å². The van der Waals surface area contributed by atoms with Crippen LogP contribution in [0.4, 0.5) is 0 Å². The predicted molar refractivity (Wildman–Crippen MR) is 97.1 cm³/mol. The summed E-state index contributed by atoms with van der Waals surface area (Å²) in [6.45, 7) is 3.45. The summed E-state index contributed by atoms with van der Waals surface area (Å²) in [4.78, 5) is 14.1. The predicted octanol–water partition coefficient (Wildman–Crippen LogP) is 4.09. The van der Waals surface area contributed by atoms with Crippen LogP contribution in [0.25, 0.3) is 11.4 Å². The molecule has 0 spiro atoms. The van der Waals surface area contributed by atoms with Crippen molar-refractivity contribution in [2.75, 3.05) is 7.05 Å². The maximum absolute atomic E-state index is 6.24. The summed E-state index contributed by atoms with van der Waals surface area (Å²) in [5, 5.41) is 4.64. The van der Waals surface area contributed by atoms with Gasteiger partial charge in [0.05, 0.1) is 17.9 Å². The molecule has 0 unspecified atom stereocenters. The van der Waals surface area contributed by atoms with Crippen LogP contribution in [0, 0.1) is 0 Å². The summed E-state index contributed by atoms with van der Waals surface area (Å²) in [7, 11) is 2.01. The zero-order valence-electron chi connectivity index (χ0n) is 14.5. The van der Waals surface area contributed by atoms with E-state index in [9.17, 15) is 0 Å². The van der Waals surface area contributed by atoms with Crippen LogP contribution >= 0.6 is 11.6 Å². The van der Waals surface area contributed by atoms with Crippen molar-refractivity contribution in [1.82, 2.24) is 25.0 Å². The lowest BCUT2D eigenvalue weighted by Gasteiger charge is -2.13. The van der Waals surface area contributed by atoms with Gasteiger partial charge in [0.25, 0.3) is 0 Å². The van der Waals surface area contributed by atoms with Gasteiger partial charge in [0.15, 0.2) is 10.9 Å². The molecule has 0 fully saturated rings. The molecule has 0 aliphatic rings. The zero-order valence-corrected chi connectivity index (χ0v) is 15.3. The lowest BCUT2D eigenvalue weighted by Crippen LogP contribution is -2.17. The maximum Gasteiger partial charge on any atom is 0.151 e. The van der Waals surface area contributed by atoms with Crippen molar-refractivity contribution in [2.45, 2.75) is 39.3 Å². The van der Waals surface area contributed by atoms with Crippen LogP contribution in [-0.4, -0.2) is 32.1 Å². The number of aromatic amines is 1. The van der Waals surface area contributed by atoms with Crippen molar-refractivity contribution >= 4 is 11.6 Å². The number of unbranched alkanes of at least 4 members (excludes halogenated alkanes) is 1. The van der Waals surface area contributed by atoms with E-state index in [2.05, 4.69) is 31.9 Å². The molecule has 0 aliphatic carbocycles. The number of halogens is 1. The van der Waals surface area contributed by atoms with Gasteiger partial charge in [-0.1, -0.05) is 36.2 Å². The molecule has 132 valence electrons. The minimum atomic E-state index is 0.546. The van der Waals surface area contributed by atoms with Gasteiger partial charge in [0, 0.05) is 25.2 Å².